The van der Waals surface area contributed by atoms with Gasteiger partial charge >= 0.3 is 5.97 Å². The molecule has 1 unspecified atom stereocenters. The molecule has 38 heavy (non-hydrogen) atoms. The Hall–Kier alpha value is -2.79. The van der Waals surface area contributed by atoms with Crippen molar-refractivity contribution in [1.82, 2.24) is 9.47 Å². The number of hydrogen-bond donors (Lipinski definition) is 1. The van der Waals surface area contributed by atoms with Crippen molar-refractivity contribution in [3.63, 3.8) is 0 Å². The highest BCUT2D eigenvalue weighted by Gasteiger charge is 2.32. The molecule has 0 bridgehead atoms. The first kappa shape index (κ1) is 28.2. The van der Waals surface area contributed by atoms with E-state index in [1.165, 1.54) is 24.3 Å². The van der Waals surface area contributed by atoms with Crippen molar-refractivity contribution in [3.8, 4) is 0 Å². The molecule has 0 radical (unpaired) electrons. The minimum Gasteiger partial charge on any atom is -0.459 e. The third kappa shape index (κ3) is 5.93. The van der Waals surface area contributed by atoms with E-state index in [0.717, 1.165) is 4.31 Å². The number of anilines is 1. The third-order valence-corrected chi connectivity index (χ3v) is 8.25. The molecule has 2 heterocycles. The van der Waals surface area contributed by atoms with Crippen LogP contribution in [-0.4, -0.2) is 66.2 Å². The largest absolute Gasteiger partial charge is 0.459 e. The van der Waals surface area contributed by atoms with Gasteiger partial charge in [-0.3, -0.25) is 13.9 Å². The topological polar surface area (TPSA) is 109 Å². The van der Waals surface area contributed by atoms with Crippen molar-refractivity contribution >= 4 is 61.7 Å². The number of β-amino-alcohol motifs (C(OH)–C–C–N with tert-alkyl or cyclic N) is 1. The summed E-state index contributed by atoms with van der Waals surface area (Å²) in [6.45, 7) is 5.18. The van der Waals surface area contributed by atoms with Gasteiger partial charge in [0, 0.05) is 41.8 Å². The van der Waals surface area contributed by atoms with E-state index in [1.807, 2.05) is 0 Å². The molecular formula is C26H29Cl2N3O6S. The first-order chi connectivity index (χ1) is 17.7. The maximum atomic E-state index is 13.8. The standard InChI is InChI=1S/C26H29Cl2N3O6S/c1-26(2,3)37-24(33)15-31(38(35,36)20-10-16(27)9-17(28)11-20)18-5-6-21-22(14-29(4)23(21)12-18)25(34)30-8-7-19(32)13-30/h5-6,9-12,14,19,32H,7-8,13,15H2,1-4H3. The number of fused-ring (bicyclic) bond motifs is 1. The monoisotopic (exact) mass is 581 g/mol. The Balaban J connectivity index is 1.79. The molecule has 204 valence electrons. The number of aliphatic hydroxyl groups is 1. The molecule has 2 aromatic carbocycles. The Kier molecular flexibility index (Phi) is 7.73. The van der Waals surface area contributed by atoms with Crippen LogP contribution in [0.5, 0.6) is 0 Å². The summed E-state index contributed by atoms with van der Waals surface area (Å²) >= 11 is 12.2. The Labute approximate surface area is 231 Å². The van der Waals surface area contributed by atoms with E-state index >= 15 is 0 Å². The molecule has 1 aromatic heterocycles. The molecule has 0 saturated carbocycles. The molecule has 1 amide bonds. The van der Waals surface area contributed by atoms with E-state index in [-0.39, 0.29) is 33.1 Å². The smallest absolute Gasteiger partial charge is 0.327 e. The van der Waals surface area contributed by atoms with Crippen molar-refractivity contribution in [3.05, 3.63) is 58.2 Å². The lowest BCUT2D eigenvalue weighted by atomic mass is 10.1. The molecular weight excluding hydrogens is 553 g/mol. The number of benzene rings is 2. The van der Waals surface area contributed by atoms with Crippen LogP contribution in [0.15, 0.2) is 47.5 Å². The van der Waals surface area contributed by atoms with E-state index in [2.05, 4.69) is 0 Å². The molecule has 1 saturated heterocycles. The van der Waals surface area contributed by atoms with E-state index in [0.29, 0.717) is 29.4 Å². The predicted molar refractivity (Wildman–Crippen MR) is 146 cm³/mol. The van der Waals surface area contributed by atoms with Crippen LogP contribution in [0.3, 0.4) is 0 Å². The predicted octanol–water partition coefficient (Wildman–Crippen LogP) is 4.23. The zero-order valence-corrected chi connectivity index (χ0v) is 23.8. The van der Waals surface area contributed by atoms with Gasteiger partial charge in [0.15, 0.2) is 0 Å². The highest BCUT2D eigenvalue weighted by Crippen LogP contribution is 2.32. The van der Waals surface area contributed by atoms with Crippen LogP contribution < -0.4 is 4.31 Å². The quantitative estimate of drug-likeness (QED) is 0.436. The lowest BCUT2D eigenvalue weighted by Crippen LogP contribution is -2.39. The maximum Gasteiger partial charge on any atom is 0.327 e. The highest BCUT2D eigenvalue weighted by molar-refractivity contribution is 7.92. The Morgan fingerprint density at radius 1 is 1.13 bits per heavy atom. The van der Waals surface area contributed by atoms with E-state index in [9.17, 15) is 23.1 Å². The van der Waals surface area contributed by atoms with Gasteiger partial charge in [-0.1, -0.05) is 23.2 Å². The lowest BCUT2D eigenvalue weighted by molar-refractivity contribution is -0.152. The number of hydrogen-bond acceptors (Lipinski definition) is 6. The zero-order valence-electron chi connectivity index (χ0n) is 21.4. The average molecular weight is 583 g/mol. The Morgan fingerprint density at radius 2 is 1.79 bits per heavy atom. The second kappa shape index (κ2) is 10.4. The molecule has 1 N–H and O–H groups in total. The van der Waals surface area contributed by atoms with Crippen molar-refractivity contribution in [2.45, 2.75) is 43.8 Å². The summed E-state index contributed by atoms with van der Waals surface area (Å²) in [5.74, 6) is -0.962. The number of sulfonamides is 1. The molecule has 4 rings (SSSR count). The van der Waals surface area contributed by atoms with Crippen LogP contribution in [0.4, 0.5) is 5.69 Å². The summed E-state index contributed by atoms with van der Waals surface area (Å²) in [5.41, 5.74) is 0.383. The van der Waals surface area contributed by atoms with Gasteiger partial charge in [-0.05, 0) is 63.6 Å². The number of nitrogens with zero attached hydrogens (tertiary/aromatic N) is 3. The van der Waals surface area contributed by atoms with Gasteiger partial charge in [0.05, 0.1) is 27.8 Å². The fraction of sp³-hybridized carbons (Fsp3) is 0.385. The summed E-state index contributed by atoms with van der Waals surface area (Å²) in [7, 11) is -2.57. The van der Waals surface area contributed by atoms with Gasteiger partial charge < -0.3 is 19.3 Å². The molecule has 12 heteroatoms. The zero-order chi connectivity index (χ0) is 28.0. The minimum absolute atomic E-state index is 0.126. The molecule has 0 spiro atoms. The molecule has 1 fully saturated rings. The van der Waals surface area contributed by atoms with Gasteiger partial charge in [0.1, 0.15) is 12.1 Å². The number of amides is 1. The number of aryl methyl sites for hydroxylation is 1. The molecule has 1 atom stereocenters. The van der Waals surface area contributed by atoms with Gasteiger partial charge in [-0.2, -0.15) is 0 Å². The van der Waals surface area contributed by atoms with Crippen LogP contribution in [0.2, 0.25) is 10.0 Å². The number of esters is 1. The van der Waals surface area contributed by atoms with Crippen molar-refractivity contribution in [1.29, 1.82) is 0 Å². The van der Waals surface area contributed by atoms with Crippen LogP contribution in [0, 0.1) is 0 Å². The SMILES string of the molecule is Cn1cc(C(=O)N2CCC(O)C2)c2ccc(N(CC(=O)OC(C)(C)C)S(=O)(=O)c3cc(Cl)cc(Cl)c3)cc21. The van der Waals surface area contributed by atoms with Crippen molar-refractivity contribution < 1.29 is 27.9 Å². The van der Waals surface area contributed by atoms with Gasteiger partial charge in [-0.25, -0.2) is 8.42 Å². The number of likely N-dealkylation sites (tertiary alicyclic amines) is 1. The number of carbonyl (C=O) groups excluding carboxylic acids is 2. The van der Waals surface area contributed by atoms with Gasteiger partial charge in [0.2, 0.25) is 0 Å². The number of ether oxygens (including phenoxy) is 1. The van der Waals surface area contributed by atoms with Gasteiger partial charge in [0.25, 0.3) is 15.9 Å². The molecule has 9 nitrogen and oxygen atoms in total. The average Bonchev–Trinajstić information content (AvgIpc) is 3.38. The van der Waals surface area contributed by atoms with Crippen LogP contribution >= 0.6 is 23.2 Å². The maximum absolute atomic E-state index is 13.8. The first-order valence-electron chi connectivity index (χ1n) is 11.9. The number of aromatic nitrogens is 1. The van der Waals surface area contributed by atoms with Gasteiger partial charge in [-0.15, -0.1) is 0 Å². The second-order valence-corrected chi connectivity index (χ2v) is 13.0. The third-order valence-electron chi connectivity index (χ3n) is 6.06. The normalized spacial score (nSPS) is 16.2. The van der Waals surface area contributed by atoms with Crippen molar-refractivity contribution in [2.75, 3.05) is 23.9 Å². The van der Waals surface area contributed by atoms with E-state index in [4.69, 9.17) is 27.9 Å². The first-order valence-corrected chi connectivity index (χ1v) is 14.1. The fourth-order valence-electron chi connectivity index (χ4n) is 4.41. The molecule has 1 aliphatic rings. The molecule has 1 aliphatic heterocycles. The van der Waals surface area contributed by atoms with Crippen molar-refractivity contribution in [2.24, 2.45) is 7.05 Å². The van der Waals surface area contributed by atoms with Crippen LogP contribution in [0.1, 0.15) is 37.6 Å². The van der Waals surface area contributed by atoms with E-state index in [1.54, 1.807) is 55.6 Å². The summed E-state index contributed by atoms with van der Waals surface area (Å²) in [6, 6.07) is 8.70. The number of aliphatic hydroxyl groups excluding tert-OH is 1. The fourth-order valence-corrected chi connectivity index (χ4v) is 6.53. The summed E-state index contributed by atoms with van der Waals surface area (Å²) in [4.78, 5) is 27.3. The highest BCUT2D eigenvalue weighted by atomic mass is 35.5. The summed E-state index contributed by atoms with van der Waals surface area (Å²) in [5, 5.41) is 10.7. The molecule has 0 aliphatic carbocycles. The lowest BCUT2D eigenvalue weighted by Gasteiger charge is -2.26. The Bertz CT molecular complexity index is 1490. The Morgan fingerprint density at radius 3 is 2.37 bits per heavy atom. The number of carbonyl (C=O) groups is 2. The summed E-state index contributed by atoms with van der Waals surface area (Å²) in [6.07, 6.45) is 1.64. The van der Waals surface area contributed by atoms with E-state index < -0.39 is 34.2 Å². The minimum atomic E-state index is -4.31. The summed E-state index contributed by atoms with van der Waals surface area (Å²) < 4.78 is 35.6. The second-order valence-electron chi connectivity index (χ2n) is 10.3. The van der Waals surface area contributed by atoms with Crippen LogP contribution in [0.25, 0.3) is 10.9 Å². The van der Waals surface area contributed by atoms with Crippen LogP contribution in [-0.2, 0) is 26.6 Å². The number of halogens is 2. The molecule has 3 aromatic rings. The number of rotatable bonds is 6.